The molecular weight excluding hydrogens is 243 g/mol. The average Bonchev–Trinajstić information content (AvgIpc) is 2.62. The summed E-state index contributed by atoms with van der Waals surface area (Å²) in [4.78, 5) is 11.0. The minimum absolute atomic E-state index is 0.231. The van der Waals surface area contributed by atoms with Gasteiger partial charge in [-0.25, -0.2) is 4.39 Å². The molecule has 2 N–H and O–H groups in total. The molecule has 0 aromatic heterocycles. The van der Waals surface area contributed by atoms with Crippen molar-refractivity contribution in [3.8, 4) is 0 Å². The molecule has 2 rings (SSSR count). The van der Waals surface area contributed by atoms with Gasteiger partial charge in [-0.15, -0.1) is 0 Å². The third-order valence-corrected chi connectivity index (χ3v) is 3.62. The van der Waals surface area contributed by atoms with E-state index in [0.717, 1.165) is 18.5 Å². The first-order chi connectivity index (χ1) is 8.85. The van der Waals surface area contributed by atoms with Crippen LogP contribution in [0.25, 0.3) is 0 Å². The lowest BCUT2D eigenvalue weighted by Gasteiger charge is -2.19. The normalized spacial score (nSPS) is 21.2. The lowest BCUT2D eigenvalue weighted by atomic mass is 9.92. The van der Waals surface area contributed by atoms with E-state index >= 15 is 0 Å². The molecule has 0 saturated heterocycles. The van der Waals surface area contributed by atoms with Crippen LogP contribution in [0.1, 0.15) is 40.0 Å². The molecule has 0 bridgehead atoms. The SMILES string of the molecule is CC(=O)Nc1cc(NC2CCC(C)(C)C2)ccc1F. The maximum Gasteiger partial charge on any atom is 0.221 e. The van der Waals surface area contributed by atoms with Crippen molar-refractivity contribution in [2.75, 3.05) is 10.6 Å². The molecule has 0 spiro atoms. The van der Waals surface area contributed by atoms with Crippen LogP contribution in [0, 0.1) is 11.2 Å². The largest absolute Gasteiger partial charge is 0.382 e. The molecule has 1 unspecified atom stereocenters. The van der Waals surface area contributed by atoms with Gasteiger partial charge in [-0.1, -0.05) is 13.8 Å². The van der Waals surface area contributed by atoms with Crippen molar-refractivity contribution in [2.45, 2.75) is 46.1 Å². The number of hydrogen-bond donors (Lipinski definition) is 2. The number of anilines is 2. The highest BCUT2D eigenvalue weighted by molar-refractivity contribution is 5.89. The van der Waals surface area contributed by atoms with Gasteiger partial charge in [-0.3, -0.25) is 4.79 Å². The van der Waals surface area contributed by atoms with Gasteiger partial charge in [0.25, 0.3) is 0 Å². The molecule has 1 aromatic carbocycles. The van der Waals surface area contributed by atoms with Crippen LogP contribution in [-0.2, 0) is 4.79 Å². The Kier molecular flexibility index (Phi) is 3.78. The van der Waals surface area contributed by atoms with Crippen molar-refractivity contribution in [1.82, 2.24) is 0 Å². The summed E-state index contributed by atoms with van der Waals surface area (Å²) in [5, 5.41) is 5.92. The lowest BCUT2D eigenvalue weighted by molar-refractivity contribution is -0.114. The number of rotatable bonds is 3. The number of amides is 1. The number of carbonyl (C=O) groups excluding carboxylic acids is 1. The number of nitrogens with one attached hydrogen (secondary N) is 2. The molecule has 1 atom stereocenters. The van der Waals surface area contributed by atoms with Crippen molar-refractivity contribution >= 4 is 17.3 Å². The van der Waals surface area contributed by atoms with Crippen LogP contribution in [0.15, 0.2) is 18.2 Å². The van der Waals surface area contributed by atoms with Crippen LogP contribution >= 0.6 is 0 Å². The van der Waals surface area contributed by atoms with Gasteiger partial charge < -0.3 is 10.6 Å². The van der Waals surface area contributed by atoms with E-state index in [1.165, 1.54) is 19.4 Å². The average molecular weight is 264 g/mol. The minimum atomic E-state index is -0.410. The van der Waals surface area contributed by atoms with E-state index in [9.17, 15) is 9.18 Å². The first-order valence-corrected chi connectivity index (χ1v) is 6.69. The molecule has 3 nitrogen and oxygen atoms in total. The molecule has 0 aliphatic heterocycles. The van der Waals surface area contributed by atoms with Crippen LogP contribution in [0.2, 0.25) is 0 Å². The third kappa shape index (κ3) is 3.69. The van der Waals surface area contributed by atoms with Crippen LogP contribution in [0.4, 0.5) is 15.8 Å². The van der Waals surface area contributed by atoms with Gasteiger partial charge in [0, 0.05) is 18.7 Å². The van der Waals surface area contributed by atoms with Crippen LogP contribution in [-0.4, -0.2) is 11.9 Å². The zero-order chi connectivity index (χ0) is 14.0. The van der Waals surface area contributed by atoms with Crippen LogP contribution < -0.4 is 10.6 Å². The molecule has 19 heavy (non-hydrogen) atoms. The Balaban J connectivity index is 2.07. The minimum Gasteiger partial charge on any atom is -0.382 e. The fourth-order valence-electron chi connectivity index (χ4n) is 2.70. The lowest BCUT2D eigenvalue weighted by Crippen LogP contribution is -2.18. The van der Waals surface area contributed by atoms with Gasteiger partial charge in [-0.2, -0.15) is 0 Å². The first-order valence-electron chi connectivity index (χ1n) is 6.69. The smallest absolute Gasteiger partial charge is 0.221 e. The van der Waals surface area contributed by atoms with Crippen LogP contribution in [0.5, 0.6) is 0 Å². The molecule has 0 heterocycles. The number of halogens is 1. The van der Waals surface area contributed by atoms with Gasteiger partial charge in [-0.05, 0) is 42.9 Å². The standard InChI is InChI=1S/C15H21FN2O/c1-10(19)17-14-8-11(4-5-13(14)16)18-12-6-7-15(2,3)9-12/h4-5,8,12,18H,6-7,9H2,1-3H3,(H,17,19). The fourth-order valence-corrected chi connectivity index (χ4v) is 2.70. The fraction of sp³-hybridized carbons (Fsp3) is 0.533. The second kappa shape index (κ2) is 5.19. The highest BCUT2D eigenvalue weighted by Gasteiger charge is 2.30. The van der Waals surface area contributed by atoms with E-state index in [1.54, 1.807) is 12.1 Å². The van der Waals surface area contributed by atoms with Gasteiger partial charge in [0.1, 0.15) is 5.82 Å². The van der Waals surface area contributed by atoms with E-state index in [1.807, 2.05) is 0 Å². The number of benzene rings is 1. The second-order valence-corrected chi connectivity index (χ2v) is 6.12. The molecule has 0 radical (unpaired) electrons. The summed E-state index contributed by atoms with van der Waals surface area (Å²) in [6, 6.07) is 5.17. The second-order valence-electron chi connectivity index (χ2n) is 6.12. The van der Waals surface area contributed by atoms with Crippen LogP contribution in [0.3, 0.4) is 0 Å². The quantitative estimate of drug-likeness (QED) is 0.872. The van der Waals surface area contributed by atoms with Gasteiger partial charge in [0.2, 0.25) is 5.91 Å². The van der Waals surface area contributed by atoms with Crippen molar-refractivity contribution in [3.63, 3.8) is 0 Å². The Morgan fingerprint density at radius 3 is 2.74 bits per heavy atom. The maximum absolute atomic E-state index is 13.5. The third-order valence-electron chi connectivity index (χ3n) is 3.62. The maximum atomic E-state index is 13.5. The van der Waals surface area contributed by atoms with E-state index in [2.05, 4.69) is 24.5 Å². The molecular formula is C15H21FN2O. The zero-order valence-electron chi connectivity index (χ0n) is 11.7. The predicted octanol–water partition coefficient (Wildman–Crippen LogP) is 3.77. The molecule has 1 saturated carbocycles. The highest BCUT2D eigenvalue weighted by atomic mass is 19.1. The monoisotopic (exact) mass is 264 g/mol. The van der Waals surface area contributed by atoms with Crippen molar-refractivity contribution in [3.05, 3.63) is 24.0 Å². The Bertz CT molecular complexity index is 485. The molecule has 1 aliphatic rings. The summed E-state index contributed by atoms with van der Waals surface area (Å²) >= 11 is 0. The Morgan fingerprint density at radius 1 is 1.42 bits per heavy atom. The highest BCUT2D eigenvalue weighted by Crippen LogP contribution is 2.38. The summed E-state index contributed by atoms with van der Waals surface area (Å²) in [6.45, 7) is 5.91. The predicted molar refractivity (Wildman–Crippen MR) is 75.7 cm³/mol. The zero-order valence-corrected chi connectivity index (χ0v) is 11.7. The summed E-state index contributed by atoms with van der Waals surface area (Å²) in [7, 11) is 0. The summed E-state index contributed by atoms with van der Waals surface area (Å²) in [6.07, 6.45) is 3.43. The van der Waals surface area contributed by atoms with E-state index in [4.69, 9.17) is 0 Å². The summed E-state index contributed by atoms with van der Waals surface area (Å²) in [5.74, 6) is -0.675. The number of hydrogen-bond acceptors (Lipinski definition) is 2. The molecule has 104 valence electrons. The van der Waals surface area contributed by atoms with Gasteiger partial charge in [0.15, 0.2) is 0 Å². The molecule has 1 amide bonds. The van der Waals surface area contributed by atoms with E-state index in [0.29, 0.717) is 11.5 Å². The summed E-state index contributed by atoms with van der Waals surface area (Å²) < 4.78 is 13.5. The van der Waals surface area contributed by atoms with E-state index in [-0.39, 0.29) is 11.6 Å². The van der Waals surface area contributed by atoms with Gasteiger partial charge in [0.05, 0.1) is 5.69 Å². The molecule has 1 aromatic rings. The Hall–Kier alpha value is -1.58. The Morgan fingerprint density at radius 2 is 2.16 bits per heavy atom. The summed E-state index contributed by atoms with van der Waals surface area (Å²) in [5.41, 5.74) is 1.46. The van der Waals surface area contributed by atoms with Gasteiger partial charge >= 0.3 is 0 Å². The van der Waals surface area contributed by atoms with Crippen molar-refractivity contribution in [2.24, 2.45) is 5.41 Å². The van der Waals surface area contributed by atoms with Crippen molar-refractivity contribution in [1.29, 1.82) is 0 Å². The number of carbonyl (C=O) groups is 1. The molecule has 1 aliphatic carbocycles. The van der Waals surface area contributed by atoms with Crippen molar-refractivity contribution < 1.29 is 9.18 Å². The Labute approximate surface area is 113 Å². The topological polar surface area (TPSA) is 41.1 Å². The van der Waals surface area contributed by atoms with E-state index < -0.39 is 5.82 Å². The molecule has 4 heteroatoms. The first kappa shape index (κ1) is 13.8. The molecule has 1 fully saturated rings.